The third-order valence-corrected chi connectivity index (χ3v) is 5.54. The molecule has 2 N–H and O–H groups in total. The van der Waals surface area contributed by atoms with Gasteiger partial charge in [0.2, 0.25) is 0 Å². The van der Waals surface area contributed by atoms with Gasteiger partial charge in [-0.25, -0.2) is 12.8 Å². The van der Waals surface area contributed by atoms with Gasteiger partial charge in [0.1, 0.15) is 5.82 Å². The number of nitrogen functional groups attached to an aromatic ring is 1. The number of nitrogens with zero attached hydrogens (tertiary/aromatic N) is 1. The molecule has 0 bridgehead atoms. The van der Waals surface area contributed by atoms with Crippen molar-refractivity contribution in [1.82, 2.24) is 0 Å². The van der Waals surface area contributed by atoms with E-state index in [2.05, 4.69) is 0 Å². The molecule has 6 heteroatoms. The summed E-state index contributed by atoms with van der Waals surface area (Å²) in [7, 11) is -3.83. The molecule has 3 aromatic rings. The SMILES string of the molecule is Nc1ccc(S(=O)(=O)N(Cc2ccccc2)c2ccc(F)cc2)cc1. The summed E-state index contributed by atoms with van der Waals surface area (Å²) in [5.74, 6) is -0.423. The molecule has 3 rings (SSSR count). The Bertz CT molecular complexity index is 941. The average molecular weight is 356 g/mol. The Hall–Kier alpha value is -2.86. The molecule has 0 aromatic heterocycles. The molecule has 0 amide bonds. The molecule has 0 unspecified atom stereocenters. The minimum atomic E-state index is -3.83. The lowest BCUT2D eigenvalue weighted by molar-refractivity contribution is 0.590. The van der Waals surface area contributed by atoms with Crippen LogP contribution in [-0.2, 0) is 16.6 Å². The summed E-state index contributed by atoms with van der Waals surface area (Å²) >= 11 is 0. The maximum absolute atomic E-state index is 13.3. The summed E-state index contributed by atoms with van der Waals surface area (Å²) in [5, 5.41) is 0. The summed E-state index contributed by atoms with van der Waals surface area (Å²) in [6.45, 7) is 0.138. The van der Waals surface area contributed by atoms with Gasteiger partial charge in [0.05, 0.1) is 17.1 Å². The fourth-order valence-corrected chi connectivity index (χ4v) is 3.89. The van der Waals surface area contributed by atoms with Gasteiger partial charge in [-0.05, 0) is 54.1 Å². The summed E-state index contributed by atoms with van der Waals surface area (Å²) in [5.41, 5.74) is 7.34. The van der Waals surface area contributed by atoms with Gasteiger partial charge >= 0.3 is 0 Å². The molecule has 0 aliphatic carbocycles. The van der Waals surface area contributed by atoms with E-state index in [9.17, 15) is 12.8 Å². The van der Waals surface area contributed by atoms with E-state index in [0.717, 1.165) is 5.56 Å². The number of anilines is 2. The predicted octanol–water partition coefficient (Wildman–Crippen LogP) is 3.80. The van der Waals surface area contributed by atoms with E-state index in [1.807, 2.05) is 30.3 Å². The van der Waals surface area contributed by atoms with Crippen LogP contribution < -0.4 is 10.0 Å². The average Bonchev–Trinajstić information content (AvgIpc) is 2.62. The van der Waals surface area contributed by atoms with Crippen molar-refractivity contribution in [3.63, 3.8) is 0 Å². The Kier molecular flexibility index (Phi) is 4.72. The highest BCUT2D eigenvalue weighted by Crippen LogP contribution is 2.26. The van der Waals surface area contributed by atoms with E-state index >= 15 is 0 Å². The predicted molar refractivity (Wildman–Crippen MR) is 97.1 cm³/mol. The first-order chi connectivity index (χ1) is 12.0. The topological polar surface area (TPSA) is 63.4 Å². The van der Waals surface area contributed by atoms with Crippen molar-refractivity contribution in [1.29, 1.82) is 0 Å². The van der Waals surface area contributed by atoms with E-state index < -0.39 is 15.8 Å². The van der Waals surface area contributed by atoms with Crippen LogP contribution in [0.5, 0.6) is 0 Å². The fourth-order valence-electron chi connectivity index (χ4n) is 2.44. The highest BCUT2D eigenvalue weighted by Gasteiger charge is 2.25. The summed E-state index contributed by atoms with van der Waals surface area (Å²) in [6, 6.07) is 20.6. The zero-order chi connectivity index (χ0) is 17.9. The van der Waals surface area contributed by atoms with E-state index in [-0.39, 0.29) is 11.4 Å². The third-order valence-electron chi connectivity index (χ3n) is 3.75. The summed E-state index contributed by atoms with van der Waals surface area (Å²) in [6.07, 6.45) is 0. The molecule has 0 radical (unpaired) electrons. The first-order valence-electron chi connectivity index (χ1n) is 7.64. The Balaban J connectivity index is 2.06. The zero-order valence-corrected chi connectivity index (χ0v) is 14.2. The lowest BCUT2D eigenvalue weighted by Crippen LogP contribution is -2.30. The highest BCUT2D eigenvalue weighted by atomic mass is 32.2. The van der Waals surface area contributed by atoms with Crippen LogP contribution in [0.15, 0.2) is 83.8 Å². The fraction of sp³-hybridized carbons (Fsp3) is 0.0526. The second-order valence-corrected chi connectivity index (χ2v) is 7.41. The highest BCUT2D eigenvalue weighted by molar-refractivity contribution is 7.92. The number of nitrogens with two attached hydrogens (primary N) is 1. The van der Waals surface area contributed by atoms with Crippen LogP contribution in [0.1, 0.15) is 5.56 Å². The van der Waals surface area contributed by atoms with Crippen molar-refractivity contribution in [2.45, 2.75) is 11.4 Å². The second kappa shape index (κ2) is 6.94. The van der Waals surface area contributed by atoms with Gasteiger partial charge < -0.3 is 5.73 Å². The van der Waals surface area contributed by atoms with Crippen LogP contribution in [0, 0.1) is 5.82 Å². The number of hydrogen-bond donors (Lipinski definition) is 1. The van der Waals surface area contributed by atoms with Crippen molar-refractivity contribution in [3.05, 3.63) is 90.2 Å². The van der Waals surface area contributed by atoms with Crippen LogP contribution >= 0.6 is 0 Å². The zero-order valence-electron chi connectivity index (χ0n) is 13.3. The number of benzene rings is 3. The number of rotatable bonds is 5. The van der Waals surface area contributed by atoms with E-state index in [1.165, 1.54) is 52.8 Å². The number of sulfonamides is 1. The lowest BCUT2D eigenvalue weighted by atomic mass is 10.2. The van der Waals surface area contributed by atoms with Crippen molar-refractivity contribution < 1.29 is 12.8 Å². The largest absolute Gasteiger partial charge is 0.399 e. The number of hydrogen-bond acceptors (Lipinski definition) is 3. The Morgan fingerprint density at radius 2 is 1.44 bits per heavy atom. The molecular weight excluding hydrogens is 339 g/mol. The van der Waals surface area contributed by atoms with Gasteiger partial charge in [0, 0.05) is 5.69 Å². The van der Waals surface area contributed by atoms with Crippen LogP contribution in [-0.4, -0.2) is 8.42 Å². The molecule has 0 aliphatic rings. The molecule has 0 spiro atoms. The Morgan fingerprint density at radius 3 is 2.04 bits per heavy atom. The van der Waals surface area contributed by atoms with Crippen molar-refractivity contribution in [2.24, 2.45) is 0 Å². The summed E-state index contributed by atoms with van der Waals surface area (Å²) in [4.78, 5) is 0.127. The second-order valence-electron chi connectivity index (χ2n) is 5.54. The summed E-state index contributed by atoms with van der Waals surface area (Å²) < 4.78 is 40.8. The molecule has 0 saturated heterocycles. The van der Waals surface area contributed by atoms with E-state index in [1.54, 1.807) is 0 Å². The third kappa shape index (κ3) is 3.80. The molecule has 0 aliphatic heterocycles. The maximum Gasteiger partial charge on any atom is 0.264 e. The maximum atomic E-state index is 13.3. The first kappa shape index (κ1) is 17.0. The molecule has 0 heterocycles. The van der Waals surface area contributed by atoms with E-state index in [4.69, 9.17) is 5.73 Å². The van der Waals surface area contributed by atoms with Crippen LogP contribution in [0.3, 0.4) is 0 Å². The molecule has 0 fully saturated rings. The molecule has 25 heavy (non-hydrogen) atoms. The standard InChI is InChI=1S/C19H17FN2O2S/c20-16-6-10-18(11-7-16)22(14-15-4-2-1-3-5-15)25(23,24)19-12-8-17(21)9-13-19/h1-13H,14,21H2. The van der Waals surface area contributed by atoms with E-state index in [0.29, 0.717) is 11.4 Å². The first-order valence-corrected chi connectivity index (χ1v) is 9.08. The molecule has 128 valence electrons. The van der Waals surface area contributed by atoms with Crippen molar-refractivity contribution >= 4 is 21.4 Å². The van der Waals surface area contributed by atoms with Gasteiger partial charge in [-0.1, -0.05) is 30.3 Å². The molecular formula is C19H17FN2O2S. The smallest absolute Gasteiger partial charge is 0.264 e. The molecule has 0 saturated carbocycles. The lowest BCUT2D eigenvalue weighted by Gasteiger charge is -2.25. The molecule has 0 atom stereocenters. The van der Waals surface area contributed by atoms with Crippen LogP contribution in [0.4, 0.5) is 15.8 Å². The normalized spacial score (nSPS) is 11.2. The number of halogens is 1. The van der Waals surface area contributed by atoms with Gasteiger partial charge in [-0.15, -0.1) is 0 Å². The van der Waals surface area contributed by atoms with Gasteiger partial charge in [0.15, 0.2) is 0 Å². The van der Waals surface area contributed by atoms with Crippen molar-refractivity contribution in [3.8, 4) is 0 Å². The van der Waals surface area contributed by atoms with Crippen LogP contribution in [0.25, 0.3) is 0 Å². The molecule has 4 nitrogen and oxygen atoms in total. The Morgan fingerprint density at radius 1 is 0.840 bits per heavy atom. The minimum absolute atomic E-state index is 0.127. The van der Waals surface area contributed by atoms with Gasteiger partial charge in [-0.3, -0.25) is 4.31 Å². The monoisotopic (exact) mass is 356 g/mol. The van der Waals surface area contributed by atoms with Crippen molar-refractivity contribution in [2.75, 3.05) is 10.0 Å². The van der Waals surface area contributed by atoms with Gasteiger partial charge in [0.25, 0.3) is 10.0 Å². The quantitative estimate of drug-likeness (QED) is 0.707. The minimum Gasteiger partial charge on any atom is -0.399 e. The van der Waals surface area contributed by atoms with Gasteiger partial charge in [-0.2, -0.15) is 0 Å². The Labute approximate surface area is 146 Å². The van der Waals surface area contributed by atoms with Crippen LogP contribution in [0.2, 0.25) is 0 Å². The molecule has 3 aromatic carbocycles.